The van der Waals surface area contributed by atoms with Crippen molar-refractivity contribution in [2.24, 2.45) is 0 Å². The first kappa shape index (κ1) is 27.3. The number of amides is 1. The first-order valence-electron chi connectivity index (χ1n) is 11.6. The summed E-state index contributed by atoms with van der Waals surface area (Å²) in [7, 11) is 0. The molecule has 0 radical (unpaired) electrons. The number of carboxylic acid groups (broad SMARTS) is 2. The normalized spacial score (nSPS) is 10.4. The third-order valence-corrected chi connectivity index (χ3v) is 5.56. The van der Waals surface area contributed by atoms with Gasteiger partial charge >= 0.3 is 11.9 Å². The van der Waals surface area contributed by atoms with E-state index in [0.29, 0.717) is 28.4 Å². The molecule has 0 aliphatic heterocycles. The highest BCUT2D eigenvalue weighted by Gasteiger charge is 2.21. The molecule has 0 fully saturated rings. The number of anilines is 2. The maximum absolute atomic E-state index is 12.7. The second kappa shape index (κ2) is 12.2. The van der Waals surface area contributed by atoms with Crippen LogP contribution in [0.5, 0.6) is 11.5 Å². The van der Waals surface area contributed by atoms with Crippen LogP contribution in [0.3, 0.4) is 0 Å². The molecule has 0 aliphatic carbocycles. The van der Waals surface area contributed by atoms with Gasteiger partial charge in [0.25, 0.3) is 11.6 Å². The van der Waals surface area contributed by atoms with Crippen molar-refractivity contribution in [2.45, 2.75) is 6.61 Å². The Morgan fingerprint density at radius 1 is 0.750 bits per heavy atom. The lowest BCUT2D eigenvalue weighted by molar-refractivity contribution is -0.384. The Hall–Kier alpha value is -5.75. The summed E-state index contributed by atoms with van der Waals surface area (Å²) in [6, 6.07) is 22.5. The van der Waals surface area contributed by atoms with Crippen molar-refractivity contribution >= 4 is 34.9 Å². The largest absolute Gasteiger partial charge is 0.478 e. The Morgan fingerprint density at radius 3 is 1.95 bits per heavy atom. The predicted octanol–water partition coefficient (Wildman–Crippen LogP) is 5.58. The minimum atomic E-state index is -1.39. The van der Waals surface area contributed by atoms with Crippen LogP contribution in [0, 0.1) is 10.1 Å². The standard InChI is InChI=1S/C28H21N3O9/c32-26(25-15-20(31(37)38)9-14-24(25)28(35)36)29-18-5-10-21(11-6-18)40-22-12-7-19(8-13-22)30-39-16-17-3-1-2-4-23(17)27(33)34/h1-15,30H,16H2,(H,29,32)(H,33,34)(H,35,36). The highest BCUT2D eigenvalue weighted by molar-refractivity contribution is 6.11. The molecule has 0 heterocycles. The van der Waals surface area contributed by atoms with Crippen molar-refractivity contribution in [1.29, 1.82) is 0 Å². The predicted molar refractivity (Wildman–Crippen MR) is 143 cm³/mol. The number of nitrogens with one attached hydrogen (secondary N) is 2. The lowest BCUT2D eigenvalue weighted by Gasteiger charge is -2.11. The van der Waals surface area contributed by atoms with Gasteiger partial charge in [0, 0.05) is 17.8 Å². The molecule has 0 unspecified atom stereocenters. The van der Waals surface area contributed by atoms with Gasteiger partial charge in [-0.3, -0.25) is 25.2 Å². The van der Waals surface area contributed by atoms with Crippen LogP contribution in [0.1, 0.15) is 36.6 Å². The van der Waals surface area contributed by atoms with Gasteiger partial charge in [-0.2, -0.15) is 0 Å². The van der Waals surface area contributed by atoms with E-state index < -0.39 is 28.5 Å². The van der Waals surface area contributed by atoms with E-state index in [1.54, 1.807) is 54.6 Å². The summed E-state index contributed by atoms with van der Waals surface area (Å²) in [5, 5.41) is 32.1. The van der Waals surface area contributed by atoms with Crippen molar-refractivity contribution in [1.82, 2.24) is 0 Å². The number of nitro benzene ring substituents is 1. The third-order valence-electron chi connectivity index (χ3n) is 5.56. The van der Waals surface area contributed by atoms with E-state index in [1.807, 2.05) is 0 Å². The van der Waals surface area contributed by atoms with Crippen LogP contribution in [-0.2, 0) is 11.4 Å². The third kappa shape index (κ3) is 6.76. The first-order valence-corrected chi connectivity index (χ1v) is 11.6. The number of non-ortho nitro benzene ring substituents is 1. The van der Waals surface area contributed by atoms with Gasteiger partial charge in [0.1, 0.15) is 18.1 Å². The minimum absolute atomic E-state index is 0.0440. The van der Waals surface area contributed by atoms with Crippen LogP contribution in [0.4, 0.5) is 17.1 Å². The molecular weight excluding hydrogens is 522 g/mol. The lowest BCUT2D eigenvalue weighted by atomic mass is 10.1. The monoisotopic (exact) mass is 543 g/mol. The van der Waals surface area contributed by atoms with E-state index in [9.17, 15) is 34.7 Å². The number of aromatic carboxylic acids is 2. The molecule has 4 aromatic carbocycles. The van der Waals surface area contributed by atoms with Crippen LogP contribution >= 0.6 is 0 Å². The SMILES string of the molecule is O=C(O)c1ccccc1CONc1ccc(Oc2ccc(NC(=O)c3cc([N+](=O)[O-])ccc3C(=O)O)cc2)cc1. The Balaban J connectivity index is 1.33. The zero-order valence-corrected chi connectivity index (χ0v) is 20.6. The number of hydrogen-bond donors (Lipinski definition) is 4. The van der Waals surface area contributed by atoms with Crippen LogP contribution in [0.25, 0.3) is 0 Å². The number of carbonyl (C=O) groups is 3. The number of nitrogens with zero attached hydrogens (tertiary/aromatic N) is 1. The second-order valence-electron chi connectivity index (χ2n) is 8.25. The van der Waals surface area contributed by atoms with Crippen LogP contribution in [0.2, 0.25) is 0 Å². The van der Waals surface area contributed by atoms with E-state index in [4.69, 9.17) is 9.57 Å². The van der Waals surface area contributed by atoms with Gasteiger partial charge in [0.15, 0.2) is 0 Å². The summed E-state index contributed by atoms with van der Waals surface area (Å²) < 4.78 is 5.79. The summed E-state index contributed by atoms with van der Waals surface area (Å²) in [6.07, 6.45) is 0. The van der Waals surface area contributed by atoms with E-state index in [2.05, 4.69) is 10.8 Å². The van der Waals surface area contributed by atoms with E-state index >= 15 is 0 Å². The average molecular weight is 543 g/mol. The molecule has 0 spiro atoms. The Labute approximate surface area is 226 Å². The van der Waals surface area contributed by atoms with Crippen LogP contribution < -0.4 is 15.5 Å². The number of nitro groups is 1. The summed E-state index contributed by atoms with van der Waals surface area (Å²) in [5.41, 5.74) is 3.25. The number of hydrogen-bond acceptors (Lipinski definition) is 8. The molecule has 40 heavy (non-hydrogen) atoms. The molecule has 1 amide bonds. The first-order chi connectivity index (χ1) is 19.2. The summed E-state index contributed by atoms with van der Waals surface area (Å²) in [5.74, 6) is -2.29. The number of rotatable bonds is 11. The molecule has 202 valence electrons. The molecule has 0 bridgehead atoms. The van der Waals surface area contributed by atoms with Gasteiger partial charge in [-0.15, -0.1) is 0 Å². The fourth-order valence-electron chi connectivity index (χ4n) is 3.60. The smallest absolute Gasteiger partial charge is 0.336 e. The van der Waals surface area contributed by atoms with Gasteiger partial charge in [0.05, 0.1) is 27.3 Å². The second-order valence-corrected chi connectivity index (χ2v) is 8.25. The number of benzene rings is 4. The molecular formula is C28H21N3O9. The van der Waals surface area contributed by atoms with E-state index in [1.165, 1.54) is 18.2 Å². The summed E-state index contributed by atoms with van der Waals surface area (Å²) >= 11 is 0. The molecule has 0 aromatic heterocycles. The number of carboxylic acids is 2. The fourth-order valence-corrected chi connectivity index (χ4v) is 3.60. The molecule has 0 aliphatic rings. The van der Waals surface area contributed by atoms with Crippen molar-refractivity contribution < 1.29 is 39.1 Å². The topological polar surface area (TPSA) is 177 Å². The van der Waals surface area contributed by atoms with E-state index in [0.717, 1.165) is 18.2 Å². The Kier molecular flexibility index (Phi) is 8.32. The van der Waals surface area contributed by atoms with Gasteiger partial charge < -0.3 is 20.3 Å². The Morgan fingerprint density at radius 2 is 1.35 bits per heavy atom. The molecule has 0 saturated heterocycles. The van der Waals surface area contributed by atoms with Crippen molar-refractivity contribution in [2.75, 3.05) is 10.8 Å². The maximum atomic E-state index is 12.7. The summed E-state index contributed by atoms with van der Waals surface area (Å²) in [4.78, 5) is 51.1. The molecule has 12 nitrogen and oxygen atoms in total. The molecule has 12 heteroatoms. The van der Waals surface area contributed by atoms with Gasteiger partial charge in [0.2, 0.25) is 0 Å². The highest BCUT2D eigenvalue weighted by atomic mass is 16.6. The average Bonchev–Trinajstić information content (AvgIpc) is 2.94. The lowest BCUT2D eigenvalue weighted by Crippen LogP contribution is -2.16. The number of ether oxygens (including phenoxy) is 1. The number of carbonyl (C=O) groups excluding carboxylic acids is 1. The van der Waals surface area contributed by atoms with Crippen LogP contribution in [0.15, 0.2) is 91.0 Å². The molecule has 0 saturated carbocycles. The van der Waals surface area contributed by atoms with Crippen molar-refractivity contribution in [3.63, 3.8) is 0 Å². The quantitative estimate of drug-likeness (QED) is 0.138. The van der Waals surface area contributed by atoms with E-state index in [-0.39, 0.29) is 23.3 Å². The molecule has 4 aromatic rings. The zero-order chi connectivity index (χ0) is 28.6. The minimum Gasteiger partial charge on any atom is -0.478 e. The van der Waals surface area contributed by atoms with Gasteiger partial charge in [-0.1, -0.05) is 18.2 Å². The van der Waals surface area contributed by atoms with Crippen molar-refractivity contribution in [3.05, 3.63) is 123 Å². The van der Waals surface area contributed by atoms with Gasteiger partial charge in [-0.25, -0.2) is 9.59 Å². The fraction of sp³-hybridized carbons (Fsp3) is 0.0357. The maximum Gasteiger partial charge on any atom is 0.336 e. The van der Waals surface area contributed by atoms with Gasteiger partial charge in [-0.05, 0) is 66.2 Å². The molecule has 4 N–H and O–H groups in total. The highest BCUT2D eigenvalue weighted by Crippen LogP contribution is 2.26. The van der Waals surface area contributed by atoms with Crippen molar-refractivity contribution in [3.8, 4) is 11.5 Å². The molecule has 4 rings (SSSR count). The molecule has 0 atom stereocenters. The van der Waals surface area contributed by atoms with Crippen LogP contribution in [-0.4, -0.2) is 33.0 Å². The Bertz CT molecular complexity index is 1570. The zero-order valence-electron chi connectivity index (χ0n) is 20.6. The summed E-state index contributed by atoms with van der Waals surface area (Å²) in [6.45, 7) is 0.0440.